The number of carbonyl (C=O) groups is 2. The van der Waals surface area contributed by atoms with E-state index in [9.17, 15) is 24.8 Å². The quantitative estimate of drug-likeness (QED) is 0.161. The van der Waals surface area contributed by atoms with E-state index >= 15 is 0 Å². The summed E-state index contributed by atoms with van der Waals surface area (Å²) in [4.78, 5) is 42.5. The predicted octanol–water partition coefficient (Wildman–Crippen LogP) is 4.65. The first kappa shape index (κ1) is 24.6. The van der Waals surface area contributed by atoms with Gasteiger partial charge in [-0.05, 0) is 47.4 Å². The molecular formula is C27H25N3O6. The number of rotatable bonds is 8. The Bertz CT molecular complexity index is 1320. The summed E-state index contributed by atoms with van der Waals surface area (Å²) in [5.74, 6) is -1.10. The zero-order valence-electron chi connectivity index (χ0n) is 19.8. The van der Waals surface area contributed by atoms with E-state index in [1.807, 2.05) is 13.8 Å². The Morgan fingerprint density at radius 3 is 2.53 bits per heavy atom. The minimum absolute atomic E-state index is 0.0323. The maximum absolute atomic E-state index is 13.2. The van der Waals surface area contributed by atoms with E-state index in [-0.39, 0.29) is 23.6 Å². The van der Waals surface area contributed by atoms with Crippen molar-refractivity contribution in [1.82, 2.24) is 9.88 Å². The third-order valence-corrected chi connectivity index (χ3v) is 5.72. The fourth-order valence-corrected chi connectivity index (χ4v) is 4.01. The number of aliphatic hydroxyl groups is 1. The van der Waals surface area contributed by atoms with Crippen molar-refractivity contribution in [3.8, 4) is 5.75 Å². The summed E-state index contributed by atoms with van der Waals surface area (Å²) < 4.78 is 5.68. The van der Waals surface area contributed by atoms with E-state index in [1.165, 1.54) is 23.1 Å². The van der Waals surface area contributed by atoms with E-state index in [0.29, 0.717) is 35.0 Å². The number of aromatic nitrogens is 1. The van der Waals surface area contributed by atoms with Gasteiger partial charge >= 0.3 is 0 Å². The first-order chi connectivity index (χ1) is 17.3. The van der Waals surface area contributed by atoms with Crippen molar-refractivity contribution in [2.75, 3.05) is 6.61 Å². The second-order valence-corrected chi connectivity index (χ2v) is 8.87. The monoisotopic (exact) mass is 487 g/mol. The zero-order valence-corrected chi connectivity index (χ0v) is 19.8. The molecule has 1 aliphatic rings. The Hall–Kier alpha value is -4.53. The van der Waals surface area contributed by atoms with Crippen molar-refractivity contribution in [3.63, 3.8) is 0 Å². The van der Waals surface area contributed by atoms with Crippen LogP contribution in [0.4, 0.5) is 5.69 Å². The number of nitro benzene ring substituents is 1. The summed E-state index contributed by atoms with van der Waals surface area (Å²) in [5, 5.41) is 22.6. The number of aliphatic hydroxyl groups excluding tert-OH is 1. The number of pyridine rings is 1. The summed E-state index contributed by atoms with van der Waals surface area (Å²) in [6.45, 7) is 4.61. The summed E-state index contributed by atoms with van der Waals surface area (Å²) >= 11 is 0. The van der Waals surface area contributed by atoms with E-state index in [4.69, 9.17) is 4.74 Å². The SMILES string of the molecule is CC(C)COc1ccc(/C(O)=C2\C(=O)C(=O)N(Cc3cccnc3)C2c2cccc([N+](=O)[O-])c2)cc1. The number of hydrogen-bond acceptors (Lipinski definition) is 7. The number of ether oxygens (including phenoxy) is 1. The fourth-order valence-electron chi connectivity index (χ4n) is 4.01. The third kappa shape index (κ3) is 5.10. The number of benzene rings is 2. The lowest BCUT2D eigenvalue weighted by atomic mass is 9.95. The molecule has 0 spiro atoms. The fraction of sp³-hybridized carbons (Fsp3) is 0.222. The minimum atomic E-state index is -1.03. The lowest BCUT2D eigenvalue weighted by Gasteiger charge is -2.25. The molecule has 3 aromatic rings. The molecule has 9 nitrogen and oxygen atoms in total. The molecule has 1 aliphatic heterocycles. The van der Waals surface area contributed by atoms with Gasteiger partial charge in [-0.3, -0.25) is 24.7 Å². The molecule has 1 amide bonds. The van der Waals surface area contributed by atoms with Crippen molar-refractivity contribution in [2.45, 2.75) is 26.4 Å². The van der Waals surface area contributed by atoms with Crippen LogP contribution in [-0.4, -0.2) is 38.2 Å². The van der Waals surface area contributed by atoms with Crippen LogP contribution < -0.4 is 4.74 Å². The van der Waals surface area contributed by atoms with Crippen LogP contribution in [0.2, 0.25) is 0 Å². The van der Waals surface area contributed by atoms with Crippen LogP contribution in [0.1, 0.15) is 36.6 Å². The van der Waals surface area contributed by atoms with Gasteiger partial charge in [-0.15, -0.1) is 0 Å². The Morgan fingerprint density at radius 1 is 1.14 bits per heavy atom. The molecule has 1 N–H and O–H groups in total. The molecular weight excluding hydrogens is 462 g/mol. The van der Waals surface area contributed by atoms with Gasteiger partial charge in [0.25, 0.3) is 17.4 Å². The number of Topliss-reactive ketones (excluding diaryl/α,β-unsaturated/α-hetero) is 1. The Morgan fingerprint density at radius 2 is 1.89 bits per heavy atom. The first-order valence-electron chi connectivity index (χ1n) is 11.4. The number of nitrogens with zero attached hydrogens (tertiary/aromatic N) is 3. The van der Waals surface area contributed by atoms with Crippen LogP contribution in [0, 0.1) is 16.0 Å². The van der Waals surface area contributed by atoms with Crippen molar-refractivity contribution in [3.05, 3.63) is 105 Å². The molecule has 0 radical (unpaired) electrons. The highest BCUT2D eigenvalue weighted by Crippen LogP contribution is 2.41. The molecule has 2 aromatic carbocycles. The first-order valence-corrected chi connectivity index (χ1v) is 11.4. The van der Waals surface area contributed by atoms with Gasteiger partial charge in [-0.25, -0.2) is 0 Å². The third-order valence-electron chi connectivity index (χ3n) is 5.72. The maximum Gasteiger partial charge on any atom is 0.295 e. The number of nitro groups is 1. The average Bonchev–Trinajstić information content (AvgIpc) is 3.13. The minimum Gasteiger partial charge on any atom is -0.507 e. The highest BCUT2D eigenvalue weighted by Gasteiger charge is 2.46. The van der Waals surface area contributed by atoms with Crippen LogP contribution in [0.5, 0.6) is 5.75 Å². The molecule has 1 saturated heterocycles. The normalized spacial score (nSPS) is 17.0. The van der Waals surface area contributed by atoms with E-state index in [2.05, 4.69) is 4.98 Å². The van der Waals surface area contributed by atoms with E-state index in [0.717, 1.165) is 0 Å². The lowest BCUT2D eigenvalue weighted by molar-refractivity contribution is -0.384. The molecule has 184 valence electrons. The Kier molecular flexibility index (Phi) is 7.10. The summed E-state index contributed by atoms with van der Waals surface area (Å²) in [7, 11) is 0. The van der Waals surface area contributed by atoms with Crippen LogP contribution >= 0.6 is 0 Å². The highest BCUT2D eigenvalue weighted by atomic mass is 16.6. The molecule has 9 heteroatoms. The number of non-ortho nitro benzene ring substituents is 1. The largest absolute Gasteiger partial charge is 0.507 e. The molecule has 0 aliphatic carbocycles. The van der Waals surface area contributed by atoms with Crippen LogP contribution in [0.15, 0.2) is 78.6 Å². The molecule has 0 bridgehead atoms. The van der Waals surface area contributed by atoms with Crippen molar-refractivity contribution < 1.29 is 24.4 Å². The molecule has 1 fully saturated rings. The molecule has 2 heterocycles. The van der Waals surface area contributed by atoms with Gasteiger partial charge in [0.2, 0.25) is 0 Å². The number of carbonyl (C=O) groups excluding carboxylic acids is 2. The van der Waals surface area contributed by atoms with Gasteiger partial charge in [0.1, 0.15) is 11.5 Å². The molecule has 1 atom stereocenters. The number of ketones is 1. The second-order valence-electron chi connectivity index (χ2n) is 8.87. The van der Waals surface area contributed by atoms with Crippen molar-refractivity contribution in [2.24, 2.45) is 5.92 Å². The van der Waals surface area contributed by atoms with E-state index < -0.39 is 22.7 Å². The molecule has 36 heavy (non-hydrogen) atoms. The topological polar surface area (TPSA) is 123 Å². The highest BCUT2D eigenvalue weighted by molar-refractivity contribution is 6.46. The smallest absolute Gasteiger partial charge is 0.295 e. The second kappa shape index (κ2) is 10.4. The standard InChI is InChI=1S/C27H25N3O6/c1-17(2)16-36-22-10-8-19(9-11-22)25(31)23-24(20-6-3-7-21(13-20)30(34)35)29(27(33)26(23)32)15-18-5-4-12-28-14-18/h3-14,17,24,31H,15-16H2,1-2H3/b25-23+. The van der Waals surface area contributed by atoms with Gasteiger partial charge < -0.3 is 14.7 Å². The maximum atomic E-state index is 13.2. The lowest BCUT2D eigenvalue weighted by Crippen LogP contribution is -2.29. The van der Waals surface area contributed by atoms with Crippen molar-refractivity contribution in [1.29, 1.82) is 0 Å². The predicted molar refractivity (Wildman–Crippen MR) is 132 cm³/mol. The summed E-state index contributed by atoms with van der Waals surface area (Å²) in [6.07, 6.45) is 3.16. The number of likely N-dealkylation sites (tertiary alicyclic amines) is 1. The van der Waals surface area contributed by atoms with Crippen molar-refractivity contribution >= 4 is 23.1 Å². The average molecular weight is 488 g/mol. The summed E-state index contributed by atoms with van der Waals surface area (Å²) in [5.41, 5.74) is 1.00. The van der Waals surface area contributed by atoms with Gasteiger partial charge in [0.05, 0.1) is 23.1 Å². The van der Waals surface area contributed by atoms with Gasteiger partial charge in [-0.1, -0.05) is 32.0 Å². The Balaban J connectivity index is 1.79. The number of amides is 1. The van der Waals surface area contributed by atoms with Gasteiger partial charge in [0, 0.05) is 36.6 Å². The van der Waals surface area contributed by atoms with Crippen LogP contribution in [0.25, 0.3) is 5.76 Å². The number of hydrogen-bond donors (Lipinski definition) is 1. The van der Waals surface area contributed by atoms with E-state index in [1.54, 1.807) is 54.9 Å². The van der Waals surface area contributed by atoms with Gasteiger partial charge in [0.15, 0.2) is 0 Å². The van der Waals surface area contributed by atoms with Crippen LogP contribution in [0.3, 0.4) is 0 Å². The van der Waals surface area contributed by atoms with Gasteiger partial charge in [-0.2, -0.15) is 0 Å². The molecule has 4 rings (SSSR count). The molecule has 0 saturated carbocycles. The summed E-state index contributed by atoms with van der Waals surface area (Å²) in [6, 6.07) is 14.7. The molecule has 1 unspecified atom stereocenters. The zero-order chi connectivity index (χ0) is 25.8. The Labute approximate surface area is 207 Å². The molecule has 1 aromatic heterocycles. The van der Waals surface area contributed by atoms with Crippen LogP contribution in [-0.2, 0) is 16.1 Å².